The highest BCUT2D eigenvalue weighted by Crippen LogP contribution is 2.15. The van der Waals surface area contributed by atoms with Crippen molar-refractivity contribution in [1.29, 1.82) is 0 Å². The van der Waals surface area contributed by atoms with Crippen LogP contribution in [-0.2, 0) is 0 Å². The first-order chi connectivity index (χ1) is 16.5. The maximum Gasteiger partial charge on any atom is 0.181 e. The van der Waals surface area contributed by atoms with Gasteiger partial charge in [-0.05, 0) is 69.4 Å². The molecule has 4 rings (SSSR count). The summed E-state index contributed by atoms with van der Waals surface area (Å²) in [5.41, 5.74) is 1.67. The number of rotatable bonds is 9. The summed E-state index contributed by atoms with van der Waals surface area (Å²) < 4.78 is 3.31. The molecule has 10 nitrogen and oxygen atoms in total. The number of tetrazole rings is 2. The molecule has 0 fully saturated rings. The Morgan fingerprint density at radius 1 is 0.676 bits per heavy atom. The van der Waals surface area contributed by atoms with E-state index in [0.29, 0.717) is 21.7 Å². The Bertz CT molecular complexity index is 1160. The standard InChI is InChI=1S/C22H22Cl2N10/c1-31(13-11-21-25-27-29-33(21)19-7-3-17(23)4-8-19)15-16-32(2)14-12-22-26-28-30-34(22)20-9-5-18(24)6-10-20/h3-14H,15-16H2,1-2H3/b13-11+,14-12+. The molecule has 0 saturated heterocycles. The van der Waals surface area contributed by atoms with Crippen molar-refractivity contribution in [3.05, 3.63) is 82.6 Å². The molecular weight excluding hydrogens is 475 g/mol. The predicted octanol–water partition coefficient (Wildman–Crippen LogP) is 3.45. The third kappa shape index (κ3) is 5.97. The van der Waals surface area contributed by atoms with Gasteiger partial charge in [0.25, 0.3) is 0 Å². The predicted molar refractivity (Wildman–Crippen MR) is 132 cm³/mol. The van der Waals surface area contributed by atoms with Crippen LogP contribution in [0.5, 0.6) is 0 Å². The second-order valence-electron chi connectivity index (χ2n) is 7.44. The van der Waals surface area contributed by atoms with Gasteiger partial charge >= 0.3 is 0 Å². The van der Waals surface area contributed by atoms with Gasteiger partial charge in [-0.3, -0.25) is 0 Å². The Balaban J connectivity index is 1.32. The molecule has 0 atom stereocenters. The highest BCUT2D eigenvalue weighted by atomic mass is 35.5. The monoisotopic (exact) mass is 496 g/mol. The Morgan fingerprint density at radius 3 is 1.44 bits per heavy atom. The molecule has 34 heavy (non-hydrogen) atoms. The maximum absolute atomic E-state index is 5.96. The molecular formula is C22H22Cl2N10. The van der Waals surface area contributed by atoms with Crippen molar-refractivity contribution >= 4 is 35.4 Å². The van der Waals surface area contributed by atoms with Crippen LogP contribution in [0, 0.1) is 0 Å². The number of aromatic nitrogens is 8. The number of benzene rings is 2. The molecule has 0 amide bonds. The molecule has 12 heteroatoms. The molecule has 0 aliphatic heterocycles. The number of nitrogens with zero attached hydrogens (tertiary/aromatic N) is 10. The van der Waals surface area contributed by atoms with E-state index in [1.165, 1.54) is 0 Å². The smallest absolute Gasteiger partial charge is 0.181 e. The van der Waals surface area contributed by atoms with Gasteiger partial charge in [-0.25, -0.2) is 0 Å². The normalized spacial score (nSPS) is 11.5. The van der Waals surface area contributed by atoms with E-state index in [1.54, 1.807) is 33.6 Å². The fourth-order valence-corrected chi connectivity index (χ4v) is 3.23. The quantitative estimate of drug-likeness (QED) is 0.347. The molecule has 0 radical (unpaired) electrons. The second kappa shape index (κ2) is 10.9. The van der Waals surface area contributed by atoms with Crippen LogP contribution in [0.25, 0.3) is 23.5 Å². The topological polar surface area (TPSA) is 93.7 Å². The van der Waals surface area contributed by atoms with Crippen molar-refractivity contribution in [2.75, 3.05) is 27.2 Å². The van der Waals surface area contributed by atoms with E-state index in [0.717, 1.165) is 24.5 Å². The summed E-state index contributed by atoms with van der Waals surface area (Å²) in [6.07, 6.45) is 7.61. The van der Waals surface area contributed by atoms with E-state index in [4.69, 9.17) is 23.2 Å². The van der Waals surface area contributed by atoms with Gasteiger partial charge in [-0.2, -0.15) is 9.36 Å². The summed E-state index contributed by atoms with van der Waals surface area (Å²) in [7, 11) is 3.98. The van der Waals surface area contributed by atoms with E-state index in [9.17, 15) is 0 Å². The molecule has 4 aromatic rings. The van der Waals surface area contributed by atoms with Crippen LogP contribution in [0.1, 0.15) is 11.6 Å². The lowest BCUT2D eigenvalue weighted by Crippen LogP contribution is -2.24. The van der Waals surface area contributed by atoms with Crippen LogP contribution in [-0.4, -0.2) is 77.4 Å². The van der Waals surface area contributed by atoms with E-state index < -0.39 is 0 Å². The lowest BCUT2D eigenvalue weighted by Gasteiger charge is -2.19. The zero-order valence-corrected chi connectivity index (χ0v) is 20.1. The largest absolute Gasteiger partial charge is 0.379 e. The van der Waals surface area contributed by atoms with Crippen molar-refractivity contribution in [2.24, 2.45) is 0 Å². The number of hydrogen-bond donors (Lipinski definition) is 0. The van der Waals surface area contributed by atoms with Gasteiger partial charge in [0, 0.05) is 61.8 Å². The average molecular weight is 497 g/mol. The third-order valence-corrected chi connectivity index (χ3v) is 5.40. The highest BCUT2D eigenvalue weighted by molar-refractivity contribution is 6.30. The molecule has 0 saturated carbocycles. The van der Waals surface area contributed by atoms with Gasteiger partial charge in [-0.15, -0.1) is 10.2 Å². The lowest BCUT2D eigenvalue weighted by molar-refractivity contribution is 0.367. The highest BCUT2D eigenvalue weighted by Gasteiger charge is 2.07. The van der Waals surface area contributed by atoms with Crippen LogP contribution in [0.4, 0.5) is 0 Å². The Morgan fingerprint density at radius 2 is 1.06 bits per heavy atom. The first-order valence-electron chi connectivity index (χ1n) is 10.3. The number of hydrogen-bond acceptors (Lipinski definition) is 8. The van der Waals surface area contributed by atoms with E-state index >= 15 is 0 Å². The van der Waals surface area contributed by atoms with Gasteiger partial charge in [-0.1, -0.05) is 23.2 Å². The first kappa shape index (κ1) is 23.4. The molecule has 0 aliphatic rings. The molecule has 0 bridgehead atoms. The molecule has 0 spiro atoms. The number of halogens is 2. The summed E-state index contributed by atoms with van der Waals surface area (Å²) in [6.45, 7) is 1.56. The Labute approximate surface area is 206 Å². The zero-order valence-electron chi connectivity index (χ0n) is 18.6. The van der Waals surface area contributed by atoms with Gasteiger partial charge < -0.3 is 9.80 Å². The van der Waals surface area contributed by atoms with Crippen LogP contribution in [0.15, 0.2) is 60.9 Å². The molecule has 2 aromatic heterocycles. The summed E-state index contributed by atoms with van der Waals surface area (Å²) >= 11 is 11.9. The number of likely N-dealkylation sites (N-methyl/N-ethyl adjacent to an activating group) is 2. The van der Waals surface area contributed by atoms with Crippen LogP contribution < -0.4 is 0 Å². The molecule has 2 aromatic carbocycles. The fraction of sp³-hybridized carbons (Fsp3) is 0.182. The van der Waals surface area contributed by atoms with Gasteiger partial charge in [0.1, 0.15) is 0 Å². The fourth-order valence-electron chi connectivity index (χ4n) is 2.98. The second-order valence-corrected chi connectivity index (χ2v) is 8.32. The Kier molecular flexibility index (Phi) is 7.51. The summed E-state index contributed by atoms with van der Waals surface area (Å²) in [5.74, 6) is 1.24. The molecule has 0 unspecified atom stereocenters. The van der Waals surface area contributed by atoms with Gasteiger partial charge in [0.2, 0.25) is 0 Å². The van der Waals surface area contributed by atoms with E-state index in [2.05, 4.69) is 40.9 Å². The van der Waals surface area contributed by atoms with Crippen LogP contribution in [0.2, 0.25) is 10.0 Å². The minimum absolute atomic E-state index is 0.622. The van der Waals surface area contributed by atoms with E-state index in [-0.39, 0.29) is 0 Å². The van der Waals surface area contributed by atoms with Crippen molar-refractivity contribution in [3.8, 4) is 11.4 Å². The van der Waals surface area contributed by atoms with Crippen molar-refractivity contribution in [2.45, 2.75) is 0 Å². The molecule has 0 N–H and O–H groups in total. The molecule has 0 aliphatic carbocycles. The lowest BCUT2D eigenvalue weighted by atomic mass is 10.3. The SMILES string of the molecule is CN(/C=C/c1nnnn1-c1ccc(Cl)cc1)CCN(C)/C=C/c1nnnn1-c1ccc(Cl)cc1. The first-order valence-corrected chi connectivity index (χ1v) is 11.1. The minimum atomic E-state index is 0.622. The summed E-state index contributed by atoms with van der Waals surface area (Å²) in [6, 6.07) is 14.7. The summed E-state index contributed by atoms with van der Waals surface area (Å²) in [4.78, 5) is 4.12. The molecule has 2 heterocycles. The van der Waals surface area contributed by atoms with Gasteiger partial charge in [0.05, 0.1) is 11.4 Å². The van der Waals surface area contributed by atoms with Crippen LogP contribution >= 0.6 is 23.2 Å². The molecule has 174 valence electrons. The van der Waals surface area contributed by atoms with Crippen molar-refractivity contribution in [3.63, 3.8) is 0 Å². The Hall–Kier alpha value is -3.76. The maximum atomic E-state index is 5.96. The minimum Gasteiger partial charge on any atom is -0.379 e. The van der Waals surface area contributed by atoms with E-state index in [1.807, 2.05) is 62.9 Å². The zero-order chi connectivity index (χ0) is 23.9. The van der Waals surface area contributed by atoms with Crippen molar-refractivity contribution in [1.82, 2.24) is 50.2 Å². The average Bonchev–Trinajstić information content (AvgIpc) is 3.51. The summed E-state index contributed by atoms with van der Waals surface area (Å²) in [5, 5.41) is 25.1. The van der Waals surface area contributed by atoms with Crippen LogP contribution in [0.3, 0.4) is 0 Å². The van der Waals surface area contributed by atoms with Crippen molar-refractivity contribution < 1.29 is 0 Å². The van der Waals surface area contributed by atoms with Gasteiger partial charge in [0.15, 0.2) is 11.6 Å². The third-order valence-electron chi connectivity index (χ3n) is 4.89.